The van der Waals surface area contributed by atoms with Crippen molar-refractivity contribution in [1.29, 1.82) is 0 Å². The lowest BCUT2D eigenvalue weighted by Gasteiger charge is -2.15. The van der Waals surface area contributed by atoms with Crippen molar-refractivity contribution in [3.8, 4) is 10.6 Å². The molecule has 1 unspecified atom stereocenters. The van der Waals surface area contributed by atoms with E-state index in [1.165, 1.54) is 0 Å². The molecule has 2 rings (SSSR count). The van der Waals surface area contributed by atoms with Crippen molar-refractivity contribution in [2.75, 3.05) is 5.32 Å². The molecule has 0 saturated heterocycles. The number of carbonyl (C=O) groups is 1. The molecule has 3 N–H and O–H groups in total. The Morgan fingerprint density at radius 2 is 2.00 bits per heavy atom. The van der Waals surface area contributed by atoms with E-state index in [9.17, 15) is 4.79 Å². The van der Waals surface area contributed by atoms with Gasteiger partial charge in [-0.1, -0.05) is 13.8 Å². The van der Waals surface area contributed by atoms with E-state index < -0.39 is 6.04 Å². The van der Waals surface area contributed by atoms with Gasteiger partial charge in [-0.15, -0.1) is 11.3 Å². The van der Waals surface area contributed by atoms with E-state index in [0.29, 0.717) is 0 Å². The number of hydrogen-bond acceptors (Lipinski definition) is 4. The van der Waals surface area contributed by atoms with E-state index in [0.717, 1.165) is 16.3 Å². The fourth-order valence-corrected chi connectivity index (χ4v) is 2.23. The Morgan fingerprint density at radius 3 is 2.53 bits per heavy atom. The molecule has 0 radical (unpaired) electrons. The molecule has 0 aliphatic rings. The standard InChI is InChI=1S/C14H17N3OS/c1-9(2)12(15)13(18)17-11-5-3-10(4-6-11)14-16-7-8-19-14/h3-9,12H,15H2,1-2H3,(H,17,18). The zero-order chi connectivity index (χ0) is 13.8. The first kappa shape index (κ1) is 13.7. The van der Waals surface area contributed by atoms with Crippen LogP contribution in [0.25, 0.3) is 10.6 Å². The van der Waals surface area contributed by atoms with Gasteiger partial charge in [0.15, 0.2) is 0 Å². The van der Waals surface area contributed by atoms with Gasteiger partial charge in [-0.05, 0) is 30.2 Å². The molecule has 0 aliphatic carbocycles. The molecule has 1 aromatic carbocycles. The normalized spacial score (nSPS) is 12.4. The highest BCUT2D eigenvalue weighted by Gasteiger charge is 2.17. The van der Waals surface area contributed by atoms with Gasteiger partial charge >= 0.3 is 0 Å². The maximum atomic E-state index is 11.8. The molecule has 1 atom stereocenters. The fourth-order valence-electron chi connectivity index (χ4n) is 1.59. The molecule has 1 amide bonds. The summed E-state index contributed by atoms with van der Waals surface area (Å²) in [7, 11) is 0. The van der Waals surface area contributed by atoms with Crippen LogP contribution >= 0.6 is 11.3 Å². The van der Waals surface area contributed by atoms with Crippen molar-refractivity contribution >= 4 is 22.9 Å². The number of nitrogens with one attached hydrogen (secondary N) is 1. The van der Waals surface area contributed by atoms with E-state index in [2.05, 4.69) is 10.3 Å². The third-order valence-electron chi connectivity index (χ3n) is 2.85. The third-order valence-corrected chi connectivity index (χ3v) is 3.67. The number of rotatable bonds is 4. The van der Waals surface area contributed by atoms with Crippen molar-refractivity contribution in [2.24, 2.45) is 11.7 Å². The number of aromatic nitrogens is 1. The Bertz CT molecular complexity index is 534. The Labute approximate surface area is 116 Å². The number of thiazole rings is 1. The average Bonchev–Trinajstić information content (AvgIpc) is 2.92. The minimum Gasteiger partial charge on any atom is -0.325 e. The molecule has 4 nitrogen and oxygen atoms in total. The highest BCUT2D eigenvalue weighted by molar-refractivity contribution is 7.13. The van der Waals surface area contributed by atoms with E-state index in [1.54, 1.807) is 17.5 Å². The summed E-state index contributed by atoms with van der Waals surface area (Å²) in [6.07, 6.45) is 1.78. The number of benzene rings is 1. The first-order valence-corrected chi connectivity index (χ1v) is 7.02. The van der Waals surface area contributed by atoms with Crippen LogP contribution in [0, 0.1) is 5.92 Å². The van der Waals surface area contributed by atoms with Gasteiger partial charge in [-0.25, -0.2) is 4.98 Å². The zero-order valence-corrected chi connectivity index (χ0v) is 11.8. The lowest BCUT2D eigenvalue weighted by atomic mass is 10.0. The van der Waals surface area contributed by atoms with Crippen molar-refractivity contribution in [1.82, 2.24) is 4.98 Å². The second-order valence-electron chi connectivity index (χ2n) is 4.67. The summed E-state index contributed by atoms with van der Waals surface area (Å²) in [5, 5.41) is 5.72. The lowest BCUT2D eigenvalue weighted by Crippen LogP contribution is -2.39. The molecule has 19 heavy (non-hydrogen) atoms. The molecular weight excluding hydrogens is 258 g/mol. The van der Waals surface area contributed by atoms with Gasteiger partial charge in [-0.2, -0.15) is 0 Å². The number of carbonyl (C=O) groups excluding carboxylic acids is 1. The van der Waals surface area contributed by atoms with Crippen LogP contribution < -0.4 is 11.1 Å². The summed E-state index contributed by atoms with van der Waals surface area (Å²) in [6, 6.07) is 7.12. The average molecular weight is 275 g/mol. The molecular formula is C14H17N3OS. The van der Waals surface area contributed by atoms with Crippen LogP contribution in [0.1, 0.15) is 13.8 Å². The Kier molecular flexibility index (Phi) is 4.29. The van der Waals surface area contributed by atoms with Gasteiger partial charge in [0, 0.05) is 22.8 Å². The van der Waals surface area contributed by atoms with Gasteiger partial charge in [0.25, 0.3) is 0 Å². The van der Waals surface area contributed by atoms with Crippen LogP contribution in [-0.2, 0) is 4.79 Å². The molecule has 1 aromatic heterocycles. The van der Waals surface area contributed by atoms with E-state index >= 15 is 0 Å². The zero-order valence-electron chi connectivity index (χ0n) is 11.0. The smallest absolute Gasteiger partial charge is 0.241 e. The number of anilines is 1. The summed E-state index contributed by atoms with van der Waals surface area (Å²) < 4.78 is 0. The maximum Gasteiger partial charge on any atom is 0.241 e. The Hall–Kier alpha value is -1.72. The van der Waals surface area contributed by atoms with Crippen LogP contribution in [0.5, 0.6) is 0 Å². The van der Waals surface area contributed by atoms with Crippen LogP contribution in [0.4, 0.5) is 5.69 Å². The summed E-state index contributed by atoms with van der Waals surface area (Å²) in [5.41, 5.74) is 7.59. The summed E-state index contributed by atoms with van der Waals surface area (Å²) in [6.45, 7) is 3.85. The van der Waals surface area contributed by atoms with Crippen LogP contribution in [0.15, 0.2) is 35.8 Å². The molecule has 0 bridgehead atoms. The van der Waals surface area contributed by atoms with Gasteiger partial charge in [-0.3, -0.25) is 4.79 Å². The Morgan fingerprint density at radius 1 is 1.32 bits per heavy atom. The monoisotopic (exact) mass is 275 g/mol. The molecule has 0 saturated carbocycles. The SMILES string of the molecule is CC(C)C(N)C(=O)Nc1ccc(-c2nccs2)cc1. The molecule has 0 spiro atoms. The third kappa shape index (κ3) is 3.39. The minimum absolute atomic E-state index is 0.120. The largest absolute Gasteiger partial charge is 0.325 e. The minimum atomic E-state index is -0.487. The van der Waals surface area contributed by atoms with Crippen LogP contribution in [-0.4, -0.2) is 16.9 Å². The van der Waals surface area contributed by atoms with Gasteiger partial charge in [0.05, 0.1) is 6.04 Å². The lowest BCUT2D eigenvalue weighted by molar-refractivity contribution is -0.118. The second-order valence-corrected chi connectivity index (χ2v) is 5.57. The molecule has 2 aromatic rings. The predicted molar refractivity (Wildman–Crippen MR) is 79.0 cm³/mol. The van der Waals surface area contributed by atoms with Crippen LogP contribution in [0.2, 0.25) is 0 Å². The van der Waals surface area contributed by atoms with Crippen molar-refractivity contribution in [3.05, 3.63) is 35.8 Å². The highest BCUT2D eigenvalue weighted by Crippen LogP contribution is 2.23. The maximum absolute atomic E-state index is 11.8. The van der Waals surface area contributed by atoms with E-state index in [4.69, 9.17) is 5.73 Å². The van der Waals surface area contributed by atoms with Crippen molar-refractivity contribution in [2.45, 2.75) is 19.9 Å². The van der Waals surface area contributed by atoms with E-state index in [-0.39, 0.29) is 11.8 Å². The number of nitrogens with zero attached hydrogens (tertiary/aromatic N) is 1. The first-order valence-electron chi connectivity index (χ1n) is 6.14. The topological polar surface area (TPSA) is 68.0 Å². The number of amides is 1. The molecule has 100 valence electrons. The first-order chi connectivity index (χ1) is 9.08. The van der Waals surface area contributed by atoms with Crippen molar-refractivity contribution < 1.29 is 4.79 Å². The second kappa shape index (κ2) is 5.95. The summed E-state index contributed by atoms with van der Waals surface area (Å²) >= 11 is 1.59. The summed E-state index contributed by atoms with van der Waals surface area (Å²) in [4.78, 5) is 16.1. The molecule has 1 heterocycles. The van der Waals surface area contributed by atoms with E-state index in [1.807, 2.05) is 43.5 Å². The van der Waals surface area contributed by atoms with Gasteiger partial charge < -0.3 is 11.1 Å². The fraction of sp³-hybridized carbons (Fsp3) is 0.286. The quantitative estimate of drug-likeness (QED) is 0.901. The Balaban J connectivity index is 2.05. The molecule has 0 aliphatic heterocycles. The summed E-state index contributed by atoms with van der Waals surface area (Å²) in [5.74, 6) is -0.0356. The molecule has 0 fully saturated rings. The van der Waals surface area contributed by atoms with Gasteiger partial charge in [0.1, 0.15) is 5.01 Å². The molecule has 5 heteroatoms. The number of hydrogen-bond donors (Lipinski definition) is 2. The van der Waals surface area contributed by atoms with Gasteiger partial charge in [0.2, 0.25) is 5.91 Å². The highest BCUT2D eigenvalue weighted by atomic mass is 32.1. The predicted octanol–water partition coefficient (Wildman–Crippen LogP) is 2.73. The van der Waals surface area contributed by atoms with Crippen molar-refractivity contribution in [3.63, 3.8) is 0 Å². The number of nitrogens with two attached hydrogens (primary N) is 1. The van der Waals surface area contributed by atoms with Crippen LogP contribution in [0.3, 0.4) is 0 Å².